The molecule has 23 heavy (non-hydrogen) atoms. The number of carbonyl (C=O) groups is 2. The molecule has 0 aromatic heterocycles. The molecule has 0 aliphatic heterocycles. The van der Waals surface area contributed by atoms with Crippen LogP contribution in [0.15, 0.2) is 36.4 Å². The quantitative estimate of drug-likeness (QED) is 0.894. The van der Waals surface area contributed by atoms with Gasteiger partial charge in [-0.25, -0.2) is 4.39 Å². The van der Waals surface area contributed by atoms with E-state index >= 15 is 0 Å². The number of halogens is 2. The number of hydrogen-bond donors (Lipinski definition) is 2. The number of nitrogens with one attached hydrogen (secondary N) is 2. The summed E-state index contributed by atoms with van der Waals surface area (Å²) >= 11 is 5.86. The van der Waals surface area contributed by atoms with Gasteiger partial charge in [-0.15, -0.1) is 0 Å². The average Bonchev–Trinajstić information content (AvgIpc) is 2.46. The predicted octanol–water partition coefficient (Wildman–Crippen LogP) is 3.70. The molecule has 0 unspecified atom stereocenters. The van der Waals surface area contributed by atoms with Gasteiger partial charge in [0, 0.05) is 12.6 Å². The van der Waals surface area contributed by atoms with Crippen LogP contribution in [0.25, 0.3) is 0 Å². The first-order valence-electron chi connectivity index (χ1n) is 6.62. The second-order valence-electron chi connectivity index (χ2n) is 4.67. The largest absolute Gasteiger partial charge is 0.495 e. The van der Waals surface area contributed by atoms with Crippen molar-refractivity contribution in [1.82, 2.24) is 0 Å². The fourth-order valence-corrected chi connectivity index (χ4v) is 2.20. The van der Waals surface area contributed by atoms with Crippen molar-refractivity contribution in [2.75, 3.05) is 17.7 Å². The Morgan fingerprint density at radius 2 is 1.87 bits per heavy atom. The molecule has 0 radical (unpaired) electrons. The van der Waals surface area contributed by atoms with Crippen LogP contribution in [0.5, 0.6) is 5.75 Å². The molecule has 0 fully saturated rings. The van der Waals surface area contributed by atoms with E-state index in [2.05, 4.69) is 10.6 Å². The molecular weight excluding hydrogens is 323 g/mol. The number of carbonyl (C=O) groups excluding carboxylic acids is 2. The summed E-state index contributed by atoms with van der Waals surface area (Å²) in [5.41, 5.74) is 0.993. The van der Waals surface area contributed by atoms with E-state index in [0.717, 1.165) is 12.1 Å². The van der Waals surface area contributed by atoms with Gasteiger partial charge < -0.3 is 15.4 Å². The Morgan fingerprint density at radius 3 is 2.48 bits per heavy atom. The molecule has 0 bridgehead atoms. The monoisotopic (exact) mass is 336 g/mol. The number of benzene rings is 2. The maximum Gasteiger partial charge on any atom is 0.257 e. The smallest absolute Gasteiger partial charge is 0.257 e. The number of amides is 2. The molecule has 0 aliphatic carbocycles. The van der Waals surface area contributed by atoms with Gasteiger partial charge >= 0.3 is 0 Å². The number of rotatable bonds is 4. The molecule has 2 rings (SSSR count). The zero-order valence-corrected chi connectivity index (χ0v) is 13.2. The van der Waals surface area contributed by atoms with Crippen molar-refractivity contribution >= 4 is 34.8 Å². The van der Waals surface area contributed by atoms with Crippen molar-refractivity contribution in [3.8, 4) is 5.75 Å². The minimum absolute atomic E-state index is 0.0121. The molecule has 2 aromatic rings. The molecule has 5 nitrogen and oxygen atoms in total. The predicted molar refractivity (Wildman–Crippen MR) is 86.7 cm³/mol. The Balaban J connectivity index is 2.25. The highest BCUT2D eigenvalue weighted by atomic mass is 35.5. The van der Waals surface area contributed by atoms with Crippen LogP contribution in [0.1, 0.15) is 17.3 Å². The minimum Gasteiger partial charge on any atom is -0.495 e. The van der Waals surface area contributed by atoms with Gasteiger partial charge in [0.25, 0.3) is 5.91 Å². The van der Waals surface area contributed by atoms with Gasteiger partial charge in [0.05, 0.1) is 23.4 Å². The summed E-state index contributed by atoms with van der Waals surface area (Å²) in [6.45, 7) is 1.36. The molecule has 120 valence electrons. The summed E-state index contributed by atoms with van der Waals surface area (Å²) in [5, 5.41) is 5.25. The van der Waals surface area contributed by atoms with E-state index in [1.165, 1.54) is 20.1 Å². The maximum absolute atomic E-state index is 13.0. The average molecular weight is 337 g/mol. The van der Waals surface area contributed by atoms with Crippen molar-refractivity contribution in [1.29, 1.82) is 0 Å². The van der Waals surface area contributed by atoms with Crippen molar-refractivity contribution in [2.24, 2.45) is 0 Å². The fourth-order valence-electron chi connectivity index (χ4n) is 1.95. The second-order valence-corrected chi connectivity index (χ2v) is 5.08. The lowest BCUT2D eigenvalue weighted by atomic mass is 10.2. The summed E-state index contributed by atoms with van der Waals surface area (Å²) in [6, 6.07) is 8.28. The highest BCUT2D eigenvalue weighted by molar-refractivity contribution is 6.34. The molecule has 0 atom stereocenters. The lowest BCUT2D eigenvalue weighted by molar-refractivity contribution is -0.114. The van der Waals surface area contributed by atoms with E-state index in [1.54, 1.807) is 18.2 Å². The van der Waals surface area contributed by atoms with Crippen LogP contribution in [0, 0.1) is 5.82 Å². The number of ether oxygens (including phenoxy) is 1. The van der Waals surface area contributed by atoms with Gasteiger partial charge in [0.2, 0.25) is 5.91 Å². The summed E-state index contributed by atoms with van der Waals surface area (Å²) < 4.78 is 18.2. The van der Waals surface area contributed by atoms with Crippen LogP contribution in [0.2, 0.25) is 5.02 Å². The van der Waals surface area contributed by atoms with Crippen molar-refractivity contribution < 1.29 is 18.7 Å². The standard InChI is InChI=1S/C16H14ClFN2O3/c1-9(21)19-14-8-11(4-6-15(14)23-2)20-16(22)12-5-3-10(18)7-13(12)17/h3-8H,1-2H3,(H,19,21)(H,20,22). The molecule has 7 heteroatoms. The van der Waals surface area contributed by atoms with Gasteiger partial charge in [-0.3, -0.25) is 9.59 Å². The van der Waals surface area contributed by atoms with E-state index in [-0.39, 0.29) is 16.5 Å². The van der Waals surface area contributed by atoms with E-state index in [1.807, 2.05) is 0 Å². The molecule has 0 aliphatic rings. The van der Waals surface area contributed by atoms with Crippen LogP contribution in [-0.4, -0.2) is 18.9 Å². The van der Waals surface area contributed by atoms with Crippen LogP contribution in [0.4, 0.5) is 15.8 Å². The lowest BCUT2D eigenvalue weighted by Crippen LogP contribution is -2.13. The van der Waals surface area contributed by atoms with Crippen molar-refractivity contribution in [3.63, 3.8) is 0 Å². The Morgan fingerprint density at radius 1 is 1.13 bits per heavy atom. The maximum atomic E-state index is 13.0. The van der Waals surface area contributed by atoms with Gasteiger partial charge in [-0.05, 0) is 36.4 Å². The third kappa shape index (κ3) is 4.20. The third-order valence-electron chi connectivity index (χ3n) is 2.94. The summed E-state index contributed by atoms with van der Waals surface area (Å²) in [5.74, 6) is -0.829. The Kier molecular flexibility index (Phi) is 5.18. The third-order valence-corrected chi connectivity index (χ3v) is 3.26. The molecule has 0 saturated carbocycles. The first kappa shape index (κ1) is 16.8. The van der Waals surface area contributed by atoms with Crippen molar-refractivity contribution in [2.45, 2.75) is 6.92 Å². The number of hydrogen-bond acceptors (Lipinski definition) is 3. The number of methoxy groups -OCH3 is 1. The molecule has 2 amide bonds. The van der Waals surface area contributed by atoms with Crippen LogP contribution < -0.4 is 15.4 Å². The normalized spacial score (nSPS) is 10.1. The molecule has 0 heterocycles. The van der Waals surface area contributed by atoms with Crippen LogP contribution in [-0.2, 0) is 4.79 Å². The van der Waals surface area contributed by atoms with Gasteiger partial charge in [-0.1, -0.05) is 11.6 Å². The Labute approximate surface area is 137 Å². The minimum atomic E-state index is -0.524. The Hall–Kier alpha value is -2.60. The Bertz CT molecular complexity index is 765. The summed E-state index contributed by atoms with van der Waals surface area (Å²) in [6.07, 6.45) is 0. The summed E-state index contributed by atoms with van der Waals surface area (Å²) in [7, 11) is 1.47. The zero-order valence-electron chi connectivity index (χ0n) is 12.4. The van der Waals surface area contributed by atoms with Crippen LogP contribution >= 0.6 is 11.6 Å². The van der Waals surface area contributed by atoms with Crippen LogP contribution in [0.3, 0.4) is 0 Å². The fraction of sp³-hybridized carbons (Fsp3) is 0.125. The molecule has 0 spiro atoms. The van der Waals surface area contributed by atoms with Crippen molar-refractivity contribution in [3.05, 3.63) is 52.8 Å². The van der Waals surface area contributed by atoms with E-state index in [9.17, 15) is 14.0 Å². The SMILES string of the molecule is COc1ccc(NC(=O)c2ccc(F)cc2Cl)cc1NC(C)=O. The zero-order chi connectivity index (χ0) is 17.0. The van der Waals surface area contributed by atoms with Gasteiger partial charge in [0.1, 0.15) is 11.6 Å². The highest BCUT2D eigenvalue weighted by Crippen LogP contribution is 2.28. The van der Waals surface area contributed by atoms with E-state index in [0.29, 0.717) is 17.1 Å². The van der Waals surface area contributed by atoms with E-state index < -0.39 is 11.7 Å². The van der Waals surface area contributed by atoms with Gasteiger partial charge in [-0.2, -0.15) is 0 Å². The highest BCUT2D eigenvalue weighted by Gasteiger charge is 2.13. The number of anilines is 2. The first-order valence-corrected chi connectivity index (χ1v) is 7.00. The second kappa shape index (κ2) is 7.11. The topological polar surface area (TPSA) is 67.4 Å². The molecular formula is C16H14ClFN2O3. The first-order chi connectivity index (χ1) is 10.9. The summed E-state index contributed by atoms with van der Waals surface area (Å²) in [4.78, 5) is 23.4. The van der Waals surface area contributed by atoms with E-state index in [4.69, 9.17) is 16.3 Å². The lowest BCUT2D eigenvalue weighted by Gasteiger charge is -2.12. The molecule has 2 aromatic carbocycles. The molecule has 0 saturated heterocycles. The van der Waals surface area contributed by atoms with Gasteiger partial charge in [0.15, 0.2) is 0 Å². The molecule has 2 N–H and O–H groups in total.